The summed E-state index contributed by atoms with van der Waals surface area (Å²) >= 11 is 0. The number of carboxylic acids is 1. The van der Waals surface area contributed by atoms with Crippen LogP contribution in [0.1, 0.15) is 12.5 Å². The molecule has 1 aromatic carbocycles. The number of carbonyl (C=O) groups is 1. The number of hydrogen-bond acceptors (Lipinski definition) is 3. The topological polar surface area (TPSA) is 71.4 Å². The van der Waals surface area contributed by atoms with E-state index in [4.69, 9.17) is 5.11 Å². The highest BCUT2D eigenvalue weighted by atomic mass is 32.2. The normalized spacial score (nSPS) is 13.4. The highest BCUT2D eigenvalue weighted by molar-refractivity contribution is 7.90. The minimum absolute atomic E-state index is 0.0184. The summed E-state index contributed by atoms with van der Waals surface area (Å²) in [6.45, 7) is 1.44. The predicted octanol–water partition coefficient (Wildman–Crippen LogP) is 1.49. The number of carboxylic acid groups (broad SMARTS) is 1. The zero-order chi connectivity index (χ0) is 13.2. The van der Waals surface area contributed by atoms with Crippen molar-refractivity contribution in [3.8, 4) is 0 Å². The Labute approximate surface area is 99.0 Å². The molecule has 4 nitrogen and oxygen atoms in total. The van der Waals surface area contributed by atoms with E-state index >= 15 is 0 Å². The molecule has 0 aliphatic heterocycles. The Bertz CT molecular complexity index is 536. The Morgan fingerprint density at radius 2 is 2.06 bits per heavy atom. The summed E-state index contributed by atoms with van der Waals surface area (Å²) in [7, 11) is -3.70. The third-order valence-electron chi connectivity index (χ3n) is 2.37. The average Bonchev–Trinajstić information content (AvgIpc) is 2.15. The summed E-state index contributed by atoms with van der Waals surface area (Å²) in [6, 6.07) is 3.85. The van der Waals surface area contributed by atoms with E-state index in [1.165, 1.54) is 19.1 Å². The van der Waals surface area contributed by atoms with E-state index in [0.29, 0.717) is 0 Å². The molecule has 1 rings (SSSR count). The van der Waals surface area contributed by atoms with Gasteiger partial charge in [0.05, 0.1) is 5.92 Å². The molecule has 0 amide bonds. The Morgan fingerprint density at radius 1 is 1.47 bits per heavy atom. The van der Waals surface area contributed by atoms with Gasteiger partial charge in [0.1, 0.15) is 10.7 Å². The van der Waals surface area contributed by atoms with E-state index in [9.17, 15) is 17.6 Å². The van der Waals surface area contributed by atoms with Crippen LogP contribution in [0.3, 0.4) is 0 Å². The lowest BCUT2D eigenvalue weighted by Gasteiger charge is -2.11. The predicted molar refractivity (Wildman–Crippen MR) is 60.0 cm³/mol. The molecule has 0 radical (unpaired) electrons. The molecule has 0 heterocycles. The van der Waals surface area contributed by atoms with Crippen molar-refractivity contribution < 1.29 is 22.7 Å². The molecule has 0 aliphatic rings. The van der Waals surface area contributed by atoms with Crippen molar-refractivity contribution in [2.75, 3.05) is 6.26 Å². The number of aliphatic carboxylic acids is 1. The van der Waals surface area contributed by atoms with Gasteiger partial charge in [-0.15, -0.1) is 0 Å². The third kappa shape index (κ3) is 3.26. The van der Waals surface area contributed by atoms with Gasteiger partial charge in [0.2, 0.25) is 0 Å². The lowest BCUT2D eigenvalue weighted by molar-refractivity contribution is -0.141. The van der Waals surface area contributed by atoms with Gasteiger partial charge in [0.15, 0.2) is 9.84 Å². The Kier molecular flexibility index (Phi) is 3.87. The number of rotatable bonds is 4. The van der Waals surface area contributed by atoms with Crippen LogP contribution in [0.15, 0.2) is 23.1 Å². The highest BCUT2D eigenvalue weighted by Gasteiger charge is 2.21. The van der Waals surface area contributed by atoms with Crippen molar-refractivity contribution in [1.29, 1.82) is 0 Å². The van der Waals surface area contributed by atoms with Crippen LogP contribution in [0.2, 0.25) is 0 Å². The molecule has 1 unspecified atom stereocenters. The van der Waals surface area contributed by atoms with Gasteiger partial charge in [-0.05, 0) is 18.1 Å². The van der Waals surface area contributed by atoms with Gasteiger partial charge in [-0.2, -0.15) is 0 Å². The first-order valence-corrected chi connectivity index (χ1v) is 6.83. The maximum absolute atomic E-state index is 13.5. The van der Waals surface area contributed by atoms with Gasteiger partial charge in [-0.1, -0.05) is 19.1 Å². The van der Waals surface area contributed by atoms with Crippen LogP contribution >= 0.6 is 0 Å². The molecular weight excluding hydrogens is 247 g/mol. The van der Waals surface area contributed by atoms with Gasteiger partial charge in [-0.25, -0.2) is 12.8 Å². The largest absolute Gasteiger partial charge is 0.481 e. The molecular formula is C11H13FO4S. The van der Waals surface area contributed by atoms with E-state index < -0.39 is 32.4 Å². The second kappa shape index (κ2) is 4.83. The summed E-state index contributed by atoms with van der Waals surface area (Å²) < 4.78 is 36.3. The van der Waals surface area contributed by atoms with E-state index in [0.717, 1.165) is 12.3 Å². The van der Waals surface area contributed by atoms with E-state index in [1.54, 1.807) is 0 Å². The maximum atomic E-state index is 13.5. The van der Waals surface area contributed by atoms with Gasteiger partial charge in [0, 0.05) is 6.26 Å². The molecule has 1 N–H and O–H groups in total. The third-order valence-corrected chi connectivity index (χ3v) is 3.57. The highest BCUT2D eigenvalue weighted by Crippen LogP contribution is 2.22. The van der Waals surface area contributed by atoms with Crippen molar-refractivity contribution in [1.82, 2.24) is 0 Å². The van der Waals surface area contributed by atoms with Crippen LogP contribution in [-0.4, -0.2) is 25.7 Å². The Hall–Kier alpha value is -1.43. The first kappa shape index (κ1) is 13.6. The Balaban J connectivity index is 3.26. The van der Waals surface area contributed by atoms with Crippen molar-refractivity contribution in [2.24, 2.45) is 5.92 Å². The number of sulfone groups is 1. The maximum Gasteiger partial charge on any atom is 0.306 e. The van der Waals surface area contributed by atoms with Crippen LogP contribution in [0.5, 0.6) is 0 Å². The smallest absolute Gasteiger partial charge is 0.306 e. The standard InChI is InChI=1S/C11H13FO4S/c1-7(11(13)14)6-8-4-3-5-9(12)10(8)17(2,15)16/h3-5,7H,6H2,1-2H3,(H,13,14). The minimum atomic E-state index is -3.70. The number of halogens is 1. The lowest BCUT2D eigenvalue weighted by Crippen LogP contribution is -2.15. The number of benzene rings is 1. The summed E-state index contributed by atoms with van der Waals surface area (Å²) in [5.41, 5.74) is 0.197. The minimum Gasteiger partial charge on any atom is -0.481 e. The molecule has 0 fully saturated rings. The van der Waals surface area contributed by atoms with Gasteiger partial charge in [0.25, 0.3) is 0 Å². The van der Waals surface area contributed by atoms with Crippen molar-refractivity contribution in [3.05, 3.63) is 29.6 Å². The van der Waals surface area contributed by atoms with Crippen molar-refractivity contribution in [2.45, 2.75) is 18.2 Å². The fraction of sp³-hybridized carbons (Fsp3) is 0.364. The van der Waals surface area contributed by atoms with Gasteiger partial charge >= 0.3 is 5.97 Å². The van der Waals surface area contributed by atoms with E-state index in [-0.39, 0.29) is 12.0 Å². The Morgan fingerprint density at radius 3 is 2.53 bits per heavy atom. The van der Waals surface area contributed by atoms with Gasteiger partial charge in [-0.3, -0.25) is 4.79 Å². The molecule has 94 valence electrons. The monoisotopic (exact) mass is 260 g/mol. The van der Waals surface area contributed by atoms with E-state index in [2.05, 4.69) is 0 Å². The fourth-order valence-corrected chi connectivity index (χ4v) is 2.60. The van der Waals surface area contributed by atoms with Crippen LogP contribution in [0, 0.1) is 11.7 Å². The zero-order valence-electron chi connectivity index (χ0n) is 9.47. The molecule has 0 aliphatic carbocycles. The fourth-order valence-electron chi connectivity index (χ4n) is 1.55. The average molecular weight is 260 g/mol. The van der Waals surface area contributed by atoms with Crippen LogP contribution in [0.25, 0.3) is 0 Å². The molecule has 0 spiro atoms. The first-order valence-electron chi connectivity index (χ1n) is 4.93. The van der Waals surface area contributed by atoms with E-state index in [1.807, 2.05) is 0 Å². The quantitative estimate of drug-likeness (QED) is 0.890. The molecule has 1 atom stereocenters. The molecule has 0 aromatic heterocycles. The summed E-state index contributed by atoms with van der Waals surface area (Å²) in [5.74, 6) is -2.66. The molecule has 0 saturated heterocycles. The molecule has 1 aromatic rings. The second-order valence-electron chi connectivity index (χ2n) is 3.94. The van der Waals surface area contributed by atoms with Crippen LogP contribution in [-0.2, 0) is 21.1 Å². The molecule has 17 heavy (non-hydrogen) atoms. The lowest BCUT2D eigenvalue weighted by atomic mass is 10.0. The molecule has 6 heteroatoms. The summed E-state index contributed by atoms with van der Waals surface area (Å²) in [5, 5.41) is 8.76. The second-order valence-corrected chi connectivity index (χ2v) is 5.90. The summed E-state index contributed by atoms with van der Waals surface area (Å²) in [4.78, 5) is 10.3. The van der Waals surface area contributed by atoms with Gasteiger partial charge < -0.3 is 5.11 Å². The first-order chi connectivity index (χ1) is 7.73. The SMILES string of the molecule is CC(Cc1cccc(F)c1S(C)(=O)=O)C(=O)O. The molecule has 0 saturated carbocycles. The summed E-state index contributed by atoms with van der Waals surface area (Å²) in [6.07, 6.45) is 0.885. The molecule has 0 bridgehead atoms. The van der Waals surface area contributed by atoms with Crippen molar-refractivity contribution >= 4 is 15.8 Å². The van der Waals surface area contributed by atoms with Crippen molar-refractivity contribution in [3.63, 3.8) is 0 Å². The van der Waals surface area contributed by atoms with Crippen LogP contribution in [0.4, 0.5) is 4.39 Å². The number of hydrogen-bond donors (Lipinski definition) is 1. The zero-order valence-corrected chi connectivity index (χ0v) is 10.3. The van der Waals surface area contributed by atoms with Crippen LogP contribution < -0.4 is 0 Å².